The maximum Gasteiger partial charge on any atom is 0.421 e. The van der Waals surface area contributed by atoms with Crippen LogP contribution in [0, 0.1) is 0 Å². The van der Waals surface area contributed by atoms with E-state index in [2.05, 4.69) is 4.98 Å². The first-order valence-corrected chi connectivity index (χ1v) is 9.58. The van der Waals surface area contributed by atoms with E-state index in [1.807, 2.05) is 0 Å². The van der Waals surface area contributed by atoms with Crippen LogP contribution in [0.1, 0.15) is 18.9 Å². The summed E-state index contributed by atoms with van der Waals surface area (Å²) < 4.78 is 54.9. The van der Waals surface area contributed by atoms with Crippen molar-refractivity contribution in [2.45, 2.75) is 19.5 Å². The standard InChI is InChI=1S/C18H14Cl4F3NO3/c1-10(19)16(22)29-15-13(6-5-12(20)14(15)21)27-8-3-9-28-17-11(18(23,24)25)4-2-7-26-17/h2,4-7H,3,8-9H2,1H3. The highest BCUT2D eigenvalue weighted by molar-refractivity contribution is 6.43. The molecule has 2 aromatic rings. The van der Waals surface area contributed by atoms with Gasteiger partial charge >= 0.3 is 6.18 Å². The summed E-state index contributed by atoms with van der Waals surface area (Å²) in [4.78, 5) is 3.62. The Balaban J connectivity index is 1.98. The lowest BCUT2D eigenvalue weighted by molar-refractivity contribution is -0.139. The summed E-state index contributed by atoms with van der Waals surface area (Å²) in [6.45, 7) is 1.55. The van der Waals surface area contributed by atoms with Crippen molar-refractivity contribution in [3.63, 3.8) is 0 Å². The molecule has 1 aromatic heterocycles. The molecule has 0 saturated carbocycles. The normalized spacial score (nSPS) is 12.4. The number of hydrogen-bond donors (Lipinski definition) is 0. The van der Waals surface area contributed by atoms with Crippen LogP contribution in [0.25, 0.3) is 0 Å². The Bertz CT molecular complexity index is 887. The molecule has 2 rings (SSSR count). The third-order valence-corrected chi connectivity index (χ3v) is 4.75. The second-order valence-corrected chi connectivity index (χ2v) is 7.20. The Hall–Kier alpha value is -1.54. The van der Waals surface area contributed by atoms with Gasteiger partial charge in [-0.2, -0.15) is 13.2 Å². The molecular weight excluding hydrogens is 477 g/mol. The first kappa shape index (κ1) is 23.7. The number of hydrogen-bond acceptors (Lipinski definition) is 4. The van der Waals surface area contributed by atoms with Gasteiger partial charge in [-0.3, -0.25) is 0 Å². The molecule has 0 spiro atoms. The molecule has 29 heavy (non-hydrogen) atoms. The number of ether oxygens (including phenoxy) is 3. The van der Waals surface area contributed by atoms with E-state index >= 15 is 0 Å². The predicted octanol–water partition coefficient (Wildman–Crippen LogP) is 7.30. The van der Waals surface area contributed by atoms with E-state index in [0.29, 0.717) is 0 Å². The predicted molar refractivity (Wildman–Crippen MR) is 106 cm³/mol. The van der Waals surface area contributed by atoms with Crippen LogP contribution >= 0.6 is 46.4 Å². The maximum atomic E-state index is 12.9. The molecule has 0 fully saturated rings. The smallest absolute Gasteiger partial charge is 0.421 e. The fourth-order valence-electron chi connectivity index (χ4n) is 2.01. The summed E-state index contributed by atoms with van der Waals surface area (Å²) in [7, 11) is 0. The fourth-order valence-corrected chi connectivity index (χ4v) is 2.47. The number of halogens is 7. The van der Waals surface area contributed by atoms with Crippen molar-refractivity contribution >= 4 is 46.4 Å². The van der Waals surface area contributed by atoms with E-state index in [1.165, 1.54) is 31.3 Å². The largest absolute Gasteiger partial charge is 0.489 e. The van der Waals surface area contributed by atoms with Crippen LogP contribution in [0.3, 0.4) is 0 Å². The third-order valence-electron chi connectivity index (χ3n) is 3.34. The number of pyridine rings is 1. The highest BCUT2D eigenvalue weighted by Crippen LogP contribution is 2.42. The number of allylic oxidation sites excluding steroid dienone is 1. The highest BCUT2D eigenvalue weighted by Gasteiger charge is 2.35. The summed E-state index contributed by atoms with van der Waals surface area (Å²) in [5.74, 6) is -0.202. The van der Waals surface area contributed by atoms with Crippen molar-refractivity contribution in [1.82, 2.24) is 4.98 Å². The van der Waals surface area contributed by atoms with E-state index in [9.17, 15) is 13.2 Å². The summed E-state index contributed by atoms with van der Waals surface area (Å²) in [6.07, 6.45) is -3.08. The minimum Gasteiger partial charge on any atom is -0.489 e. The van der Waals surface area contributed by atoms with Crippen LogP contribution in [0.5, 0.6) is 17.4 Å². The Morgan fingerprint density at radius 2 is 1.76 bits per heavy atom. The van der Waals surface area contributed by atoms with E-state index in [4.69, 9.17) is 60.6 Å². The van der Waals surface area contributed by atoms with E-state index in [-0.39, 0.29) is 51.4 Å². The van der Waals surface area contributed by atoms with Crippen LogP contribution in [-0.2, 0) is 6.18 Å². The van der Waals surface area contributed by atoms with Crippen LogP contribution < -0.4 is 14.2 Å². The Labute approximate surface area is 185 Å². The molecule has 0 atom stereocenters. The second-order valence-electron chi connectivity index (χ2n) is 5.50. The van der Waals surface area contributed by atoms with Crippen molar-refractivity contribution in [2.24, 2.45) is 0 Å². The van der Waals surface area contributed by atoms with E-state index in [1.54, 1.807) is 0 Å². The molecule has 0 aliphatic heterocycles. The Morgan fingerprint density at radius 3 is 2.41 bits per heavy atom. The molecule has 0 aliphatic carbocycles. The van der Waals surface area contributed by atoms with Gasteiger partial charge in [0.05, 0.1) is 23.3 Å². The van der Waals surface area contributed by atoms with Crippen molar-refractivity contribution in [1.29, 1.82) is 0 Å². The van der Waals surface area contributed by atoms with Crippen molar-refractivity contribution in [2.75, 3.05) is 13.2 Å². The van der Waals surface area contributed by atoms with E-state index < -0.39 is 17.6 Å². The monoisotopic (exact) mass is 489 g/mol. The average Bonchev–Trinajstić information content (AvgIpc) is 2.66. The molecule has 0 aliphatic rings. The molecule has 0 saturated heterocycles. The van der Waals surface area contributed by atoms with Crippen LogP contribution in [-0.4, -0.2) is 18.2 Å². The van der Waals surface area contributed by atoms with Gasteiger partial charge < -0.3 is 14.2 Å². The first-order valence-electron chi connectivity index (χ1n) is 8.06. The zero-order chi connectivity index (χ0) is 21.6. The molecule has 0 amide bonds. The zero-order valence-electron chi connectivity index (χ0n) is 14.8. The molecule has 11 heteroatoms. The summed E-state index contributed by atoms with van der Waals surface area (Å²) >= 11 is 23.8. The Kier molecular flexibility index (Phi) is 8.58. The van der Waals surface area contributed by atoms with Gasteiger partial charge in [0.25, 0.3) is 0 Å². The third kappa shape index (κ3) is 6.74. The molecular formula is C18H14Cl4F3NO3. The van der Waals surface area contributed by atoms with Gasteiger partial charge in [0, 0.05) is 12.6 Å². The molecule has 0 radical (unpaired) electrons. The van der Waals surface area contributed by atoms with Gasteiger partial charge in [-0.1, -0.05) is 34.8 Å². The second kappa shape index (κ2) is 10.5. The van der Waals surface area contributed by atoms with Crippen molar-refractivity contribution in [3.8, 4) is 17.4 Å². The maximum absolute atomic E-state index is 12.9. The van der Waals surface area contributed by atoms with Gasteiger partial charge in [0.1, 0.15) is 10.6 Å². The fraction of sp³-hybridized carbons (Fsp3) is 0.278. The van der Waals surface area contributed by atoms with Gasteiger partial charge in [-0.05, 0) is 42.8 Å². The molecule has 0 unspecified atom stereocenters. The van der Waals surface area contributed by atoms with Gasteiger partial charge in [0.15, 0.2) is 11.5 Å². The van der Waals surface area contributed by atoms with Gasteiger partial charge in [-0.15, -0.1) is 0 Å². The highest BCUT2D eigenvalue weighted by atomic mass is 35.5. The number of nitrogens with zero attached hydrogens (tertiary/aromatic N) is 1. The molecule has 158 valence electrons. The van der Waals surface area contributed by atoms with E-state index in [0.717, 1.165) is 6.07 Å². The van der Waals surface area contributed by atoms with Crippen LogP contribution in [0.2, 0.25) is 10.0 Å². The number of rotatable bonds is 8. The molecule has 0 N–H and O–H groups in total. The minimum absolute atomic E-state index is 0.0565. The van der Waals surface area contributed by atoms with Gasteiger partial charge in [-0.25, -0.2) is 4.98 Å². The van der Waals surface area contributed by atoms with Crippen molar-refractivity contribution in [3.05, 3.63) is 56.3 Å². The molecule has 1 heterocycles. The van der Waals surface area contributed by atoms with Gasteiger partial charge in [0.2, 0.25) is 11.1 Å². The summed E-state index contributed by atoms with van der Waals surface area (Å²) in [5, 5.41) is 0.361. The molecule has 4 nitrogen and oxygen atoms in total. The average molecular weight is 491 g/mol. The van der Waals surface area contributed by atoms with Crippen LogP contribution in [0.15, 0.2) is 40.7 Å². The quantitative estimate of drug-likeness (QED) is 0.287. The number of benzene rings is 1. The lowest BCUT2D eigenvalue weighted by Gasteiger charge is -2.15. The zero-order valence-corrected chi connectivity index (χ0v) is 17.8. The lowest BCUT2D eigenvalue weighted by Crippen LogP contribution is -2.12. The summed E-state index contributed by atoms with van der Waals surface area (Å²) in [6, 6.07) is 5.09. The topological polar surface area (TPSA) is 40.6 Å². The Morgan fingerprint density at radius 1 is 1.07 bits per heavy atom. The molecule has 0 bridgehead atoms. The lowest BCUT2D eigenvalue weighted by atomic mass is 10.2. The SMILES string of the molecule is CC(Cl)=C(Cl)Oc1c(OCCCOc2ncccc2C(F)(F)F)ccc(Cl)c1Cl. The first-order chi connectivity index (χ1) is 13.6. The van der Waals surface area contributed by atoms with Crippen LogP contribution in [0.4, 0.5) is 13.2 Å². The number of aromatic nitrogens is 1. The number of alkyl halides is 3. The minimum atomic E-state index is -4.56. The van der Waals surface area contributed by atoms with Crippen molar-refractivity contribution < 1.29 is 27.4 Å². The summed E-state index contributed by atoms with van der Waals surface area (Å²) in [5.41, 5.74) is -0.945. The molecule has 1 aromatic carbocycles.